The molecule has 122 valence electrons. The Kier molecular flexibility index (Phi) is 4.07. The number of carbonyl (C=O) groups is 3. The third-order valence-corrected chi connectivity index (χ3v) is 4.66. The monoisotopic (exact) mass is 316 g/mol. The van der Waals surface area contributed by atoms with E-state index in [2.05, 4.69) is 0 Å². The average molecular weight is 316 g/mol. The van der Waals surface area contributed by atoms with Crippen LogP contribution in [0.5, 0.6) is 5.75 Å². The minimum atomic E-state index is -0.355. The Labute approximate surface area is 135 Å². The van der Waals surface area contributed by atoms with Crippen molar-refractivity contribution in [3.05, 3.63) is 30.3 Å². The van der Waals surface area contributed by atoms with Gasteiger partial charge in [0.1, 0.15) is 5.75 Å². The van der Waals surface area contributed by atoms with Crippen LogP contribution in [0.15, 0.2) is 30.3 Å². The fourth-order valence-electron chi connectivity index (χ4n) is 3.64. The number of amides is 3. The molecule has 2 saturated heterocycles. The second-order valence-corrected chi connectivity index (χ2v) is 6.05. The predicted molar refractivity (Wildman–Crippen MR) is 82.5 cm³/mol. The van der Waals surface area contributed by atoms with Gasteiger partial charge in [0.25, 0.3) is 5.91 Å². The summed E-state index contributed by atoms with van der Waals surface area (Å²) in [7, 11) is 0. The van der Waals surface area contributed by atoms with E-state index in [1.54, 1.807) is 24.0 Å². The van der Waals surface area contributed by atoms with Crippen molar-refractivity contribution in [3.8, 4) is 5.75 Å². The summed E-state index contributed by atoms with van der Waals surface area (Å²) in [6.07, 6.45) is 0.636. The Hall–Kier alpha value is -2.37. The largest absolute Gasteiger partial charge is 0.484 e. The number of para-hydroxylation sites is 1. The molecule has 2 fully saturated rings. The summed E-state index contributed by atoms with van der Waals surface area (Å²) in [6.45, 7) is 3.67. The number of carbonyl (C=O) groups excluding carboxylic acids is 3. The standard InChI is InChI=1S/C17H20N2O4/c1-11-16-14(19(12(2)20)17(11)22)8-9-18(16)15(21)10-23-13-6-4-3-5-7-13/h3-7,11,14,16H,8-10H2,1-2H3/t11-,14-,16+/m0/s1. The molecule has 0 bridgehead atoms. The number of rotatable bonds is 3. The second kappa shape index (κ2) is 6.02. The molecular weight excluding hydrogens is 296 g/mol. The highest BCUT2D eigenvalue weighted by Crippen LogP contribution is 2.36. The summed E-state index contributed by atoms with van der Waals surface area (Å²) >= 11 is 0. The number of imide groups is 1. The normalized spacial score (nSPS) is 26.3. The fourth-order valence-corrected chi connectivity index (χ4v) is 3.64. The quantitative estimate of drug-likeness (QED) is 0.836. The van der Waals surface area contributed by atoms with Crippen LogP contribution < -0.4 is 4.74 Å². The molecule has 0 aliphatic carbocycles. The molecule has 0 N–H and O–H groups in total. The Morgan fingerprint density at radius 1 is 1.26 bits per heavy atom. The first-order chi connectivity index (χ1) is 11.0. The van der Waals surface area contributed by atoms with Crippen molar-refractivity contribution in [1.29, 1.82) is 0 Å². The smallest absolute Gasteiger partial charge is 0.260 e. The van der Waals surface area contributed by atoms with E-state index in [1.165, 1.54) is 11.8 Å². The van der Waals surface area contributed by atoms with Crippen molar-refractivity contribution < 1.29 is 19.1 Å². The van der Waals surface area contributed by atoms with Crippen LogP contribution in [0.2, 0.25) is 0 Å². The lowest BCUT2D eigenvalue weighted by Gasteiger charge is -2.26. The minimum absolute atomic E-state index is 0.0613. The Morgan fingerprint density at radius 3 is 2.61 bits per heavy atom. The minimum Gasteiger partial charge on any atom is -0.484 e. The van der Waals surface area contributed by atoms with Crippen LogP contribution in [0.25, 0.3) is 0 Å². The van der Waals surface area contributed by atoms with Crippen LogP contribution in [-0.4, -0.2) is 52.8 Å². The van der Waals surface area contributed by atoms with Crippen LogP contribution >= 0.6 is 0 Å². The van der Waals surface area contributed by atoms with Gasteiger partial charge >= 0.3 is 0 Å². The van der Waals surface area contributed by atoms with Crippen molar-refractivity contribution in [3.63, 3.8) is 0 Å². The molecule has 0 unspecified atom stereocenters. The van der Waals surface area contributed by atoms with Gasteiger partial charge in [0.2, 0.25) is 11.8 Å². The van der Waals surface area contributed by atoms with Gasteiger partial charge in [-0.2, -0.15) is 0 Å². The van der Waals surface area contributed by atoms with E-state index in [1.807, 2.05) is 18.2 Å². The third-order valence-electron chi connectivity index (χ3n) is 4.66. The Bertz CT molecular complexity index is 631. The first-order valence-corrected chi connectivity index (χ1v) is 7.81. The highest BCUT2D eigenvalue weighted by molar-refractivity contribution is 5.98. The van der Waals surface area contributed by atoms with Crippen molar-refractivity contribution in [1.82, 2.24) is 9.80 Å². The van der Waals surface area contributed by atoms with Crippen molar-refractivity contribution >= 4 is 17.7 Å². The molecule has 0 aromatic heterocycles. The Balaban J connectivity index is 1.68. The van der Waals surface area contributed by atoms with E-state index in [4.69, 9.17) is 4.74 Å². The summed E-state index contributed by atoms with van der Waals surface area (Å²) in [4.78, 5) is 39.4. The molecule has 6 heteroatoms. The van der Waals surface area contributed by atoms with Gasteiger partial charge in [-0.1, -0.05) is 25.1 Å². The van der Waals surface area contributed by atoms with E-state index in [9.17, 15) is 14.4 Å². The van der Waals surface area contributed by atoms with Gasteiger partial charge in [-0.3, -0.25) is 19.3 Å². The van der Waals surface area contributed by atoms with Gasteiger partial charge in [0.15, 0.2) is 6.61 Å². The maximum Gasteiger partial charge on any atom is 0.260 e. The first-order valence-electron chi connectivity index (χ1n) is 7.81. The van der Waals surface area contributed by atoms with Crippen molar-refractivity contribution in [2.45, 2.75) is 32.4 Å². The van der Waals surface area contributed by atoms with Gasteiger partial charge in [-0.25, -0.2) is 0 Å². The second-order valence-electron chi connectivity index (χ2n) is 6.05. The van der Waals surface area contributed by atoms with Crippen LogP contribution in [-0.2, 0) is 14.4 Å². The maximum atomic E-state index is 12.5. The number of likely N-dealkylation sites (tertiary alicyclic amines) is 2. The van der Waals surface area contributed by atoms with Gasteiger partial charge in [0.05, 0.1) is 18.0 Å². The summed E-state index contributed by atoms with van der Waals surface area (Å²) < 4.78 is 5.51. The third kappa shape index (κ3) is 2.69. The molecule has 0 radical (unpaired) electrons. The molecule has 0 spiro atoms. The molecule has 6 nitrogen and oxygen atoms in total. The molecule has 2 aliphatic heterocycles. The topological polar surface area (TPSA) is 66.9 Å². The van der Waals surface area contributed by atoms with Gasteiger partial charge in [-0.05, 0) is 18.6 Å². The molecule has 3 atom stereocenters. The van der Waals surface area contributed by atoms with Crippen LogP contribution in [0.3, 0.4) is 0 Å². The molecule has 23 heavy (non-hydrogen) atoms. The summed E-state index contributed by atoms with van der Waals surface area (Å²) in [5.74, 6) is -0.297. The zero-order valence-corrected chi connectivity index (χ0v) is 13.3. The van der Waals surface area contributed by atoms with E-state index in [0.717, 1.165) is 0 Å². The SMILES string of the molecule is CC(=O)N1C(=O)[C@@H](C)[C@@H]2[C@@H]1CCN2C(=O)COc1ccccc1. The molecule has 1 aromatic carbocycles. The lowest BCUT2D eigenvalue weighted by Crippen LogP contribution is -2.44. The molecule has 3 rings (SSSR count). The van der Waals surface area contributed by atoms with Crippen LogP contribution in [0, 0.1) is 5.92 Å². The highest BCUT2D eigenvalue weighted by Gasteiger charge is 2.54. The lowest BCUT2D eigenvalue weighted by atomic mass is 10.0. The number of fused-ring (bicyclic) bond motifs is 1. The molecule has 2 heterocycles. The van der Waals surface area contributed by atoms with E-state index in [-0.39, 0.29) is 42.3 Å². The zero-order chi connectivity index (χ0) is 16.6. The molecule has 2 aliphatic rings. The zero-order valence-electron chi connectivity index (χ0n) is 13.3. The molecular formula is C17H20N2O4. The number of hydrogen-bond acceptors (Lipinski definition) is 4. The average Bonchev–Trinajstić information content (AvgIpc) is 3.06. The summed E-state index contributed by atoms with van der Waals surface area (Å²) in [5.41, 5.74) is 0. The lowest BCUT2D eigenvalue weighted by molar-refractivity contribution is -0.143. The number of ether oxygens (including phenoxy) is 1. The number of hydrogen-bond donors (Lipinski definition) is 0. The van der Waals surface area contributed by atoms with E-state index < -0.39 is 0 Å². The van der Waals surface area contributed by atoms with Crippen molar-refractivity contribution in [2.24, 2.45) is 5.92 Å². The van der Waals surface area contributed by atoms with Crippen LogP contribution in [0.1, 0.15) is 20.3 Å². The summed E-state index contributed by atoms with van der Waals surface area (Å²) in [6, 6.07) is 8.71. The molecule has 0 saturated carbocycles. The Morgan fingerprint density at radius 2 is 1.96 bits per heavy atom. The highest BCUT2D eigenvalue weighted by atomic mass is 16.5. The number of nitrogens with zero attached hydrogens (tertiary/aromatic N) is 2. The van der Waals surface area contributed by atoms with Gasteiger partial charge < -0.3 is 9.64 Å². The van der Waals surface area contributed by atoms with Gasteiger partial charge in [-0.15, -0.1) is 0 Å². The van der Waals surface area contributed by atoms with E-state index >= 15 is 0 Å². The summed E-state index contributed by atoms with van der Waals surface area (Å²) in [5, 5.41) is 0. The molecule has 1 aromatic rings. The first kappa shape index (κ1) is 15.5. The number of benzene rings is 1. The fraction of sp³-hybridized carbons (Fsp3) is 0.471. The van der Waals surface area contributed by atoms with E-state index in [0.29, 0.717) is 18.7 Å². The van der Waals surface area contributed by atoms with Crippen molar-refractivity contribution in [2.75, 3.05) is 13.2 Å². The van der Waals surface area contributed by atoms with Crippen LogP contribution in [0.4, 0.5) is 0 Å². The maximum absolute atomic E-state index is 12.5. The predicted octanol–water partition coefficient (Wildman–Crippen LogP) is 1.06. The van der Waals surface area contributed by atoms with Gasteiger partial charge in [0, 0.05) is 13.5 Å². The molecule has 3 amide bonds.